The predicted molar refractivity (Wildman–Crippen MR) is 165 cm³/mol. The first-order valence-electron chi connectivity index (χ1n) is 14.3. The number of imidazole rings is 1. The van der Waals surface area contributed by atoms with Crippen LogP contribution in [0.4, 0.5) is 11.8 Å². The quantitative estimate of drug-likeness (QED) is 0.0754. The molecule has 0 unspecified atom stereocenters. The Bertz CT molecular complexity index is 1980. The summed E-state index contributed by atoms with van der Waals surface area (Å²) in [5.41, 5.74) is 14.7. The van der Waals surface area contributed by atoms with Gasteiger partial charge in [-0.3, -0.25) is 4.57 Å². The van der Waals surface area contributed by atoms with Gasteiger partial charge in [-0.25, -0.2) is 19.4 Å². The van der Waals surface area contributed by atoms with Gasteiger partial charge in [0.1, 0.15) is 23.7 Å². The second-order valence-electron chi connectivity index (χ2n) is 10.6. The molecule has 15 nitrogen and oxygen atoms in total. The SMILES string of the molecule is C[C@@]1(OC(=O)c2ccccc2)[C@H](OC(=O)c2ccccc2)[C@@H](COC(=O)c2ccccc2)O[C@H]1n1c(N)nc2cnnc(N=[N+]=[N-])c21. The van der Waals surface area contributed by atoms with Crippen molar-refractivity contribution in [1.82, 2.24) is 19.7 Å². The fourth-order valence-electron chi connectivity index (χ4n) is 5.35. The number of aromatic nitrogens is 4. The van der Waals surface area contributed by atoms with Gasteiger partial charge in [-0.15, -0.1) is 5.10 Å². The Morgan fingerprint density at radius 2 is 1.51 bits per heavy atom. The summed E-state index contributed by atoms with van der Waals surface area (Å²) >= 11 is 0. The Labute approximate surface area is 266 Å². The monoisotopic (exact) mass is 634 g/mol. The largest absolute Gasteiger partial charge is 0.459 e. The third-order valence-corrected chi connectivity index (χ3v) is 7.53. The molecule has 5 aromatic rings. The standard InChI is InChI=1S/C32H26N8O7/c1-32(47-29(43)21-15-9-4-10-16-21)25(46-28(42)20-13-7-3-8-14-20)23(18-44-27(41)19-11-5-2-6-12-19)45-30(32)40-24-22(36-31(40)33)17-35-37-26(24)38-39-34/h2-17,23,25,30H,18H2,1H3,(H2,33,36)/t23-,25-,30-,32-/m1/s1. The molecule has 1 saturated heterocycles. The number of nitrogen functional groups attached to an aromatic ring is 1. The van der Waals surface area contributed by atoms with Crippen LogP contribution in [0.2, 0.25) is 0 Å². The molecule has 0 bridgehead atoms. The van der Waals surface area contributed by atoms with Gasteiger partial charge < -0.3 is 24.7 Å². The summed E-state index contributed by atoms with van der Waals surface area (Å²) < 4.78 is 25.6. The summed E-state index contributed by atoms with van der Waals surface area (Å²) in [4.78, 5) is 47.3. The lowest BCUT2D eigenvalue weighted by atomic mass is 9.95. The van der Waals surface area contributed by atoms with Crippen LogP contribution in [-0.2, 0) is 18.9 Å². The van der Waals surface area contributed by atoms with Crippen molar-refractivity contribution >= 4 is 40.7 Å². The van der Waals surface area contributed by atoms with Gasteiger partial charge in [0.25, 0.3) is 0 Å². The lowest BCUT2D eigenvalue weighted by molar-refractivity contribution is -0.108. The molecular weight excluding hydrogens is 608 g/mol. The molecule has 3 aromatic carbocycles. The van der Waals surface area contributed by atoms with Gasteiger partial charge in [-0.05, 0) is 54.0 Å². The Balaban J connectivity index is 1.47. The normalized spacial score (nSPS) is 20.2. The molecule has 0 radical (unpaired) electrons. The van der Waals surface area contributed by atoms with E-state index in [1.54, 1.807) is 91.0 Å². The second kappa shape index (κ2) is 13.0. The Kier molecular flexibility index (Phi) is 8.47. The van der Waals surface area contributed by atoms with Crippen LogP contribution in [0.15, 0.2) is 102 Å². The maximum Gasteiger partial charge on any atom is 0.338 e. The van der Waals surface area contributed by atoms with E-state index in [2.05, 4.69) is 25.2 Å². The molecule has 47 heavy (non-hydrogen) atoms. The average molecular weight is 635 g/mol. The molecule has 1 aliphatic heterocycles. The molecule has 0 saturated carbocycles. The van der Waals surface area contributed by atoms with Gasteiger partial charge in [0.15, 0.2) is 23.8 Å². The number of carbonyl (C=O) groups excluding carboxylic acids is 3. The lowest BCUT2D eigenvalue weighted by Gasteiger charge is -2.35. The molecule has 15 heteroatoms. The van der Waals surface area contributed by atoms with Crippen LogP contribution in [0.3, 0.4) is 0 Å². The van der Waals surface area contributed by atoms with Crippen molar-refractivity contribution in [2.75, 3.05) is 12.3 Å². The number of carbonyl (C=O) groups is 3. The van der Waals surface area contributed by atoms with Crippen molar-refractivity contribution in [2.24, 2.45) is 5.11 Å². The van der Waals surface area contributed by atoms with Crippen LogP contribution < -0.4 is 5.73 Å². The molecule has 1 fully saturated rings. The zero-order chi connectivity index (χ0) is 33.0. The maximum absolute atomic E-state index is 13.6. The summed E-state index contributed by atoms with van der Waals surface area (Å²) in [6.45, 7) is 1.07. The van der Waals surface area contributed by atoms with Crippen LogP contribution >= 0.6 is 0 Å². The van der Waals surface area contributed by atoms with Crippen molar-refractivity contribution < 1.29 is 33.3 Å². The Morgan fingerprint density at radius 1 is 0.936 bits per heavy atom. The summed E-state index contributed by atoms with van der Waals surface area (Å²) in [6.07, 6.45) is -2.67. The van der Waals surface area contributed by atoms with Crippen LogP contribution in [0.5, 0.6) is 0 Å². The number of fused-ring (bicyclic) bond motifs is 1. The first-order valence-corrected chi connectivity index (χ1v) is 14.3. The summed E-state index contributed by atoms with van der Waals surface area (Å²) in [5, 5.41) is 11.4. The fraction of sp³-hybridized carbons (Fsp3) is 0.188. The zero-order valence-electron chi connectivity index (χ0n) is 24.7. The summed E-state index contributed by atoms with van der Waals surface area (Å²) in [5.74, 6) is -2.53. The van der Waals surface area contributed by atoms with Gasteiger partial charge in [-0.2, -0.15) is 5.10 Å². The third-order valence-electron chi connectivity index (χ3n) is 7.53. The van der Waals surface area contributed by atoms with Crippen molar-refractivity contribution in [3.63, 3.8) is 0 Å². The number of anilines is 1. The minimum Gasteiger partial charge on any atom is -0.459 e. The van der Waals surface area contributed by atoms with E-state index in [-0.39, 0.29) is 39.5 Å². The number of hydrogen-bond acceptors (Lipinski definition) is 12. The van der Waals surface area contributed by atoms with Gasteiger partial charge in [0.2, 0.25) is 5.95 Å². The first-order chi connectivity index (χ1) is 22.8. The van der Waals surface area contributed by atoms with E-state index in [1.807, 2.05) is 0 Å². The van der Waals surface area contributed by atoms with Crippen molar-refractivity contribution in [3.05, 3.63) is 124 Å². The van der Waals surface area contributed by atoms with Crippen LogP contribution in [0, 0.1) is 0 Å². The Morgan fingerprint density at radius 3 is 2.11 bits per heavy atom. The van der Waals surface area contributed by atoms with E-state index in [1.165, 1.54) is 17.7 Å². The zero-order valence-corrected chi connectivity index (χ0v) is 24.7. The van der Waals surface area contributed by atoms with Crippen LogP contribution in [0.25, 0.3) is 21.5 Å². The molecule has 3 heterocycles. The minimum absolute atomic E-state index is 0.109. The van der Waals surface area contributed by atoms with Gasteiger partial charge in [0.05, 0.1) is 22.9 Å². The smallest absolute Gasteiger partial charge is 0.338 e. The molecule has 0 amide bonds. The highest BCUT2D eigenvalue weighted by atomic mass is 16.7. The summed E-state index contributed by atoms with van der Waals surface area (Å²) in [7, 11) is 0. The van der Waals surface area contributed by atoms with E-state index in [0.717, 1.165) is 0 Å². The highest BCUT2D eigenvalue weighted by molar-refractivity contribution is 5.91. The second-order valence-corrected chi connectivity index (χ2v) is 10.6. The highest BCUT2D eigenvalue weighted by Crippen LogP contribution is 2.47. The predicted octanol–water partition coefficient (Wildman–Crippen LogP) is 4.95. The summed E-state index contributed by atoms with van der Waals surface area (Å²) in [6, 6.07) is 24.6. The molecule has 1 aliphatic rings. The van der Waals surface area contributed by atoms with Gasteiger partial charge in [0, 0.05) is 4.91 Å². The molecule has 4 atom stereocenters. The number of rotatable bonds is 9. The molecule has 2 aromatic heterocycles. The molecule has 2 N–H and O–H groups in total. The van der Waals surface area contributed by atoms with E-state index in [0.29, 0.717) is 0 Å². The molecule has 0 spiro atoms. The molecular formula is C32H26N8O7. The Hall–Kier alpha value is -6.31. The van der Waals surface area contributed by atoms with E-state index in [4.69, 9.17) is 24.7 Å². The van der Waals surface area contributed by atoms with Gasteiger partial charge >= 0.3 is 17.9 Å². The molecule has 236 valence electrons. The minimum atomic E-state index is -1.86. The van der Waals surface area contributed by atoms with Crippen LogP contribution in [-0.4, -0.2) is 62.1 Å². The van der Waals surface area contributed by atoms with Crippen LogP contribution in [0.1, 0.15) is 44.2 Å². The van der Waals surface area contributed by atoms with Crippen molar-refractivity contribution in [1.29, 1.82) is 0 Å². The first kappa shape index (κ1) is 30.7. The number of azide groups is 1. The number of benzene rings is 3. The maximum atomic E-state index is 13.6. The number of ether oxygens (including phenoxy) is 4. The van der Waals surface area contributed by atoms with E-state index in [9.17, 15) is 19.9 Å². The van der Waals surface area contributed by atoms with Crippen molar-refractivity contribution in [3.8, 4) is 0 Å². The fourth-order valence-corrected chi connectivity index (χ4v) is 5.35. The van der Waals surface area contributed by atoms with E-state index < -0.39 is 48.6 Å². The number of esters is 3. The highest BCUT2D eigenvalue weighted by Gasteiger charge is 2.61. The van der Waals surface area contributed by atoms with E-state index >= 15 is 0 Å². The number of nitrogens with zero attached hydrogens (tertiary/aromatic N) is 7. The van der Waals surface area contributed by atoms with Crippen molar-refractivity contribution in [2.45, 2.75) is 31.0 Å². The average Bonchev–Trinajstić information content (AvgIpc) is 3.57. The lowest BCUT2D eigenvalue weighted by Crippen LogP contribution is -2.50. The third kappa shape index (κ3) is 6.03. The molecule has 6 rings (SSSR count). The van der Waals surface area contributed by atoms with Gasteiger partial charge in [-0.1, -0.05) is 54.6 Å². The molecule has 0 aliphatic carbocycles. The number of hydrogen-bond donors (Lipinski definition) is 1. The number of nitrogens with two attached hydrogens (primary N) is 1. The topological polar surface area (TPSA) is 207 Å².